The molecule has 2 N–H and O–H groups in total. The van der Waals surface area contributed by atoms with E-state index < -0.39 is 5.97 Å². The predicted octanol–water partition coefficient (Wildman–Crippen LogP) is 1.05. The molecule has 0 saturated carbocycles. The summed E-state index contributed by atoms with van der Waals surface area (Å²) in [5.74, 6) is 0.144. The van der Waals surface area contributed by atoms with E-state index in [-0.39, 0.29) is 12.5 Å². The Labute approximate surface area is 117 Å². The first-order valence-electron chi connectivity index (χ1n) is 6.91. The number of carboxylic acids is 1. The number of amides is 2. The third-order valence-electron chi connectivity index (χ3n) is 3.38. The van der Waals surface area contributed by atoms with Gasteiger partial charge in [0.25, 0.3) is 0 Å². The molecule has 0 saturated heterocycles. The molecule has 0 fully saturated rings. The number of fused-ring (bicyclic) bond motifs is 1. The van der Waals surface area contributed by atoms with E-state index in [4.69, 9.17) is 5.11 Å². The number of hydrogen-bond donors (Lipinski definition) is 2. The molecule has 7 heteroatoms. The summed E-state index contributed by atoms with van der Waals surface area (Å²) in [4.78, 5) is 28.3. The molecule has 0 radical (unpaired) electrons. The van der Waals surface area contributed by atoms with Crippen LogP contribution in [0.15, 0.2) is 12.4 Å². The van der Waals surface area contributed by atoms with Gasteiger partial charge in [-0.1, -0.05) is 6.42 Å². The van der Waals surface area contributed by atoms with E-state index in [0.29, 0.717) is 26.1 Å². The number of urea groups is 1. The Morgan fingerprint density at radius 3 is 2.95 bits per heavy atom. The van der Waals surface area contributed by atoms with Crippen LogP contribution in [0.5, 0.6) is 0 Å². The summed E-state index contributed by atoms with van der Waals surface area (Å²) < 4.78 is 2.05. The number of hydrogen-bond acceptors (Lipinski definition) is 3. The number of nitrogens with zero attached hydrogens (tertiary/aromatic N) is 3. The molecule has 0 bridgehead atoms. The molecule has 7 nitrogen and oxygen atoms in total. The summed E-state index contributed by atoms with van der Waals surface area (Å²) in [6.45, 7) is 2.59. The van der Waals surface area contributed by atoms with Crippen molar-refractivity contribution in [3.63, 3.8) is 0 Å². The third kappa shape index (κ3) is 3.97. The Morgan fingerprint density at radius 2 is 2.15 bits per heavy atom. The Bertz CT molecular complexity index is 472. The van der Waals surface area contributed by atoms with Crippen molar-refractivity contribution < 1.29 is 14.7 Å². The van der Waals surface area contributed by atoms with Gasteiger partial charge < -0.3 is 19.9 Å². The molecule has 2 amide bonds. The van der Waals surface area contributed by atoms with Crippen molar-refractivity contribution in [3.8, 4) is 0 Å². The quantitative estimate of drug-likeness (QED) is 0.763. The van der Waals surface area contributed by atoms with Gasteiger partial charge in [-0.2, -0.15) is 0 Å². The number of imidazole rings is 1. The van der Waals surface area contributed by atoms with Crippen molar-refractivity contribution in [1.29, 1.82) is 0 Å². The minimum atomic E-state index is -0.766. The molecule has 2 heterocycles. The molecular weight excluding hydrogens is 260 g/mol. The average molecular weight is 280 g/mol. The fraction of sp³-hybridized carbons (Fsp3) is 0.615. The molecule has 110 valence electrons. The zero-order valence-corrected chi connectivity index (χ0v) is 11.4. The van der Waals surface area contributed by atoms with Crippen molar-refractivity contribution in [2.75, 3.05) is 13.1 Å². The van der Waals surface area contributed by atoms with Crippen molar-refractivity contribution in [3.05, 3.63) is 18.2 Å². The molecule has 2 rings (SSSR count). The van der Waals surface area contributed by atoms with E-state index in [9.17, 15) is 9.59 Å². The molecule has 1 aliphatic rings. The van der Waals surface area contributed by atoms with Crippen LogP contribution in [0.4, 0.5) is 4.79 Å². The highest BCUT2D eigenvalue weighted by molar-refractivity contribution is 5.74. The van der Waals surface area contributed by atoms with Gasteiger partial charge in [-0.3, -0.25) is 4.79 Å². The van der Waals surface area contributed by atoms with Crippen LogP contribution in [0, 0.1) is 0 Å². The van der Waals surface area contributed by atoms with Gasteiger partial charge in [0.2, 0.25) is 0 Å². The van der Waals surface area contributed by atoms with Gasteiger partial charge in [0.1, 0.15) is 5.82 Å². The van der Waals surface area contributed by atoms with Crippen molar-refractivity contribution in [2.24, 2.45) is 0 Å². The lowest BCUT2D eigenvalue weighted by molar-refractivity contribution is -0.137. The highest BCUT2D eigenvalue weighted by Gasteiger charge is 2.20. The largest absolute Gasteiger partial charge is 0.481 e. The van der Waals surface area contributed by atoms with Gasteiger partial charge in [-0.15, -0.1) is 0 Å². The Kier molecular flexibility index (Phi) is 4.97. The summed E-state index contributed by atoms with van der Waals surface area (Å²) in [7, 11) is 0. The average Bonchev–Trinajstić information content (AvgIpc) is 2.89. The number of carbonyl (C=O) groups excluding carboxylic acids is 1. The topological polar surface area (TPSA) is 87.5 Å². The fourth-order valence-corrected chi connectivity index (χ4v) is 2.23. The second-order valence-electron chi connectivity index (χ2n) is 4.89. The van der Waals surface area contributed by atoms with Crippen LogP contribution >= 0.6 is 0 Å². The van der Waals surface area contributed by atoms with Gasteiger partial charge in [-0.25, -0.2) is 9.78 Å². The van der Waals surface area contributed by atoms with Crippen molar-refractivity contribution in [1.82, 2.24) is 19.8 Å². The van der Waals surface area contributed by atoms with Crippen LogP contribution in [0.2, 0.25) is 0 Å². The Morgan fingerprint density at radius 1 is 1.30 bits per heavy atom. The Balaban J connectivity index is 1.62. The summed E-state index contributed by atoms with van der Waals surface area (Å²) in [5, 5.41) is 11.4. The molecule has 1 aliphatic heterocycles. The first-order valence-corrected chi connectivity index (χ1v) is 6.91. The number of rotatable bonds is 6. The maximum atomic E-state index is 12.0. The maximum absolute atomic E-state index is 12.0. The number of unbranched alkanes of at least 4 members (excludes halogenated alkanes) is 2. The van der Waals surface area contributed by atoms with Gasteiger partial charge in [0.15, 0.2) is 0 Å². The van der Waals surface area contributed by atoms with Crippen LogP contribution in [0.3, 0.4) is 0 Å². The third-order valence-corrected chi connectivity index (χ3v) is 3.38. The van der Waals surface area contributed by atoms with Gasteiger partial charge in [0, 0.05) is 38.4 Å². The van der Waals surface area contributed by atoms with Crippen LogP contribution < -0.4 is 5.32 Å². The standard InChI is InChI=1S/C13H20N4O3/c18-12(19)4-2-1-3-5-15-13(20)17-9-8-16-7-6-14-11(16)10-17/h6-7H,1-5,8-10H2,(H,15,20)(H,18,19). The number of nitrogens with one attached hydrogen (secondary N) is 1. The Hall–Kier alpha value is -2.05. The number of aromatic nitrogens is 2. The predicted molar refractivity (Wildman–Crippen MR) is 72.1 cm³/mol. The van der Waals surface area contributed by atoms with Crippen LogP contribution in [0.25, 0.3) is 0 Å². The van der Waals surface area contributed by atoms with Gasteiger partial charge in [0.05, 0.1) is 6.54 Å². The summed E-state index contributed by atoms with van der Waals surface area (Å²) in [6, 6.07) is -0.0718. The number of aliphatic carboxylic acids is 1. The SMILES string of the molecule is O=C(O)CCCCCNC(=O)N1CCn2ccnc2C1. The second kappa shape index (κ2) is 6.93. The molecule has 0 spiro atoms. The smallest absolute Gasteiger partial charge is 0.317 e. The molecule has 0 aromatic carbocycles. The normalized spacial score (nSPS) is 13.9. The molecule has 0 aliphatic carbocycles. The molecule has 0 atom stereocenters. The number of carbonyl (C=O) groups is 2. The first-order chi connectivity index (χ1) is 9.66. The highest BCUT2D eigenvalue weighted by Crippen LogP contribution is 2.10. The molecule has 20 heavy (non-hydrogen) atoms. The van der Waals surface area contributed by atoms with Crippen LogP contribution in [0.1, 0.15) is 31.5 Å². The monoisotopic (exact) mass is 280 g/mol. The molecular formula is C13H20N4O3. The van der Waals surface area contributed by atoms with Crippen molar-refractivity contribution >= 4 is 12.0 Å². The van der Waals surface area contributed by atoms with Gasteiger partial charge >= 0.3 is 12.0 Å². The molecule has 0 unspecified atom stereocenters. The number of carboxylic acid groups (broad SMARTS) is 1. The summed E-state index contributed by atoms with van der Waals surface area (Å²) >= 11 is 0. The van der Waals surface area contributed by atoms with E-state index in [0.717, 1.165) is 25.2 Å². The lowest BCUT2D eigenvalue weighted by Gasteiger charge is -2.27. The molecule has 1 aromatic heterocycles. The maximum Gasteiger partial charge on any atom is 0.317 e. The van der Waals surface area contributed by atoms with Crippen molar-refractivity contribution in [2.45, 2.75) is 38.8 Å². The minimum absolute atomic E-state index is 0.0718. The van der Waals surface area contributed by atoms with E-state index in [2.05, 4.69) is 14.9 Å². The summed E-state index contributed by atoms with van der Waals surface area (Å²) in [5.41, 5.74) is 0. The zero-order chi connectivity index (χ0) is 14.4. The van der Waals surface area contributed by atoms with E-state index in [1.807, 2.05) is 6.20 Å². The van der Waals surface area contributed by atoms with Gasteiger partial charge in [-0.05, 0) is 12.8 Å². The van der Waals surface area contributed by atoms with Crippen LogP contribution in [-0.4, -0.2) is 44.6 Å². The lowest BCUT2D eigenvalue weighted by atomic mass is 10.2. The molecule has 1 aromatic rings. The van der Waals surface area contributed by atoms with E-state index in [1.165, 1.54) is 0 Å². The highest BCUT2D eigenvalue weighted by atomic mass is 16.4. The first kappa shape index (κ1) is 14.4. The lowest BCUT2D eigenvalue weighted by Crippen LogP contribution is -2.44. The fourth-order valence-electron chi connectivity index (χ4n) is 2.23. The van der Waals surface area contributed by atoms with E-state index in [1.54, 1.807) is 11.1 Å². The summed E-state index contributed by atoms with van der Waals surface area (Å²) in [6.07, 6.45) is 6.15. The van der Waals surface area contributed by atoms with Crippen LogP contribution in [-0.2, 0) is 17.9 Å². The second-order valence-corrected chi connectivity index (χ2v) is 4.89. The minimum Gasteiger partial charge on any atom is -0.481 e. The zero-order valence-electron chi connectivity index (χ0n) is 11.4. The van der Waals surface area contributed by atoms with E-state index >= 15 is 0 Å².